The molecule has 0 radical (unpaired) electrons. The number of fused-ring (bicyclic) bond motifs is 3. The molecule has 4 heterocycles. The number of anilines is 1. The zero-order valence-electron chi connectivity index (χ0n) is 35.5. The van der Waals surface area contributed by atoms with Crippen molar-refractivity contribution in [3.05, 3.63) is 166 Å². The van der Waals surface area contributed by atoms with E-state index in [0.717, 1.165) is 33.5 Å². The monoisotopic (exact) mass is 846 g/mol. The Balaban J connectivity index is 1.08. The lowest BCUT2D eigenvalue weighted by Gasteiger charge is -2.37. The summed E-state index contributed by atoms with van der Waals surface area (Å²) < 4.78 is 22.0. The van der Waals surface area contributed by atoms with Crippen molar-refractivity contribution in [2.24, 2.45) is 5.92 Å². The summed E-state index contributed by atoms with van der Waals surface area (Å²) in [7, 11) is 0.859. The second kappa shape index (κ2) is 16.5. The number of aromatic nitrogens is 5. The molecule has 0 bridgehead atoms. The molecule has 0 aliphatic carbocycles. The van der Waals surface area contributed by atoms with Crippen molar-refractivity contribution in [3.63, 3.8) is 0 Å². The van der Waals surface area contributed by atoms with Crippen molar-refractivity contribution >= 4 is 35.6 Å². The van der Waals surface area contributed by atoms with Crippen LogP contribution in [0.3, 0.4) is 0 Å². The Morgan fingerprint density at radius 3 is 2.37 bits per heavy atom. The number of ether oxygens (including phenoxy) is 3. The topological polar surface area (TPSA) is 134 Å². The molecule has 1 saturated heterocycles. The average molecular weight is 847 g/mol. The minimum absolute atomic E-state index is 0.00877. The van der Waals surface area contributed by atoms with Gasteiger partial charge < -0.3 is 24.2 Å². The van der Waals surface area contributed by atoms with Crippen molar-refractivity contribution in [2.45, 2.75) is 62.7 Å². The molecule has 7 aromatic rings. The Morgan fingerprint density at radius 1 is 0.871 bits per heavy atom. The molecule has 1 N–H and O–H groups in total. The number of carbonyl (C=O) groups excluding carboxylic acids is 1. The molecular formula is C49H50N6O6Si. The van der Waals surface area contributed by atoms with E-state index in [1.807, 2.05) is 119 Å². The number of aryl methyl sites for hydroxylation is 1. The predicted octanol–water partition coefficient (Wildman–Crippen LogP) is 6.97. The highest BCUT2D eigenvalue weighted by Gasteiger charge is 2.66. The molecule has 62 heavy (non-hydrogen) atoms. The van der Waals surface area contributed by atoms with E-state index in [2.05, 4.69) is 47.6 Å². The van der Waals surface area contributed by atoms with Gasteiger partial charge in [-0.05, 0) is 71.6 Å². The highest BCUT2D eigenvalue weighted by Crippen LogP contribution is 2.60. The molecule has 2 aliphatic heterocycles. The Hall–Kier alpha value is -6.41. The van der Waals surface area contributed by atoms with Gasteiger partial charge in [-0.15, -0.1) is 5.10 Å². The maximum Gasteiger partial charge on any atom is 0.279 e. The number of aliphatic hydroxyl groups excluding tert-OH is 1. The van der Waals surface area contributed by atoms with Crippen LogP contribution in [0.2, 0.25) is 18.6 Å². The molecule has 13 heteroatoms. The van der Waals surface area contributed by atoms with Crippen molar-refractivity contribution < 1.29 is 24.1 Å². The quantitative estimate of drug-likeness (QED) is 0.122. The molecule has 9 rings (SSSR count). The van der Waals surface area contributed by atoms with Crippen LogP contribution in [-0.4, -0.2) is 70.8 Å². The summed E-state index contributed by atoms with van der Waals surface area (Å²) in [5, 5.41) is 26.4. The van der Waals surface area contributed by atoms with Crippen molar-refractivity contribution in [2.75, 3.05) is 25.7 Å². The van der Waals surface area contributed by atoms with Crippen molar-refractivity contribution in [1.29, 1.82) is 0 Å². The number of carbonyl (C=O) groups is 1. The SMILES string of the molecule is COc1ccc([Si](C)(C)[C@H]2[C@H](CCn3cc(C(CO)c4ccccc4)nn3)O[C@@]3(C(=O)N(Cc4cccc(-n5ncc6ccccc6c5=O)c4)c4ccc(OC)cc43)[C@@H]2C)cc1. The van der Waals surface area contributed by atoms with Gasteiger partial charge in [-0.1, -0.05) is 103 Å². The van der Waals surface area contributed by atoms with Gasteiger partial charge in [-0.3, -0.25) is 14.3 Å². The van der Waals surface area contributed by atoms with Gasteiger partial charge in [0, 0.05) is 29.6 Å². The number of amides is 1. The lowest BCUT2D eigenvalue weighted by atomic mass is 9.82. The van der Waals surface area contributed by atoms with Crippen LogP contribution >= 0.6 is 0 Å². The fourth-order valence-electron chi connectivity index (χ4n) is 9.99. The van der Waals surface area contributed by atoms with E-state index in [9.17, 15) is 9.90 Å². The van der Waals surface area contributed by atoms with Crippen molar-refractivity contribution in [1.82, 2.24) is 24.8 Å². The van der Waals surface area contributed by atoms with Crippen LogP contribution in [0.15, 0.2) is 139 Å². The van der Waals surface area contributed by atoms with E-state index in [1.165, 1.54) is 9.87 Å². The number of nitrogens with zero attached hydrogens (tertiary/aromatic N) is 6. The number of hydrogen-bond donors (Lipinski definition) is 1. The summed E-state index contributed by atoms with van der Waals surface area (Å²) >= 11 is 0. The molecular weight excluding hydrogens is 797 g/mol. The third-order valence-corrected chi connectivity index (χ3v) is 17.5. The standard InChI is InChI=1S/C49H50N6O6Si/c1-32-46(62(4,5)39-21-18-37(59-2)19-22-39)45(24-25-53-30-43(51-52-53)41(31-56)34-13-7-6-8-14-34)61-49(32)42-27-38(60-3)20-23-44(42)54(48(49)58)29-33-12-11-16-36(26-33)55-47(57)40-17-10-9-15-35(40)28-50-55/h6-23,26-28,30,32,41,45-46,56H,24-25,29,31H2,1-5H3/t32-,41?,45+,46-,49+/m1/s1. The smallest absolute Gasteiger partial charge is 0.279 e. The Kier molecular flexibility index (Phi) is 10.9. The van der Waals surface area contributed by atoms with Gasteiger partial charge in [0.2, 0.25) is 0 Å². The molecule has 0 saturated carbocycles. The molecule has 5 atom stereocenters. The van der Waals surface area contributed by atoms with E-state index in [0.29, 0.717) is 35.5 Å². The van der Waals surface area contributed by atoms with Crippen LogP contribution in [0.4, 0.5) is 5.69 Å². The normalized spacial score (nSPS) is 20.2. The van der Waals surface area contributed by atoms with E-state index in [1.54, 1.807) is 26.5 Å². The zero-order chi connectivity index (χ0) is 43.2. The first-order chi connectivity index (χ1) is 30.1. The summed E-state index contributed by atoms with van der Waals surface area (Å²) in [6, 6.07) is 39.0. The molecule has 1 spiro atoms. The van der Waals surface area contributed by atoms with Gasteiger partial charge in [0.15, 0.2) is 5.60 Å². The second-order valence-corrected chi connectivity index (χ2v) is 21.6. The van der Waals surface area contributed by atoms with Crippen molar-refractivity contribution in [3.8, 4) is 17.2 Å². The van der Waals surface area contributed by atoms with E-state index in [-0.39, 0.29) is 48.1 Å². The molecule has 1 unspecified atom stereocenters. The first-order valence-corrected chi connectivity index (χ1v) is 24.1. The summed E-state index contributed by atoms with van der Waals surface area (Å²) in [6.45, 7) is 7.55. The van der Waals surface area contributed by atoms with Crippen LogP contribution in [0.1, 0.15) is 41.6 Å². The number of methoxy groups -OCH3 is 2. The molecule has 2 aliphatic rings. The van der Waals surface area contributed by atoms with E-state index < -0.39 is 13.7 Å². The first-order valence-electron chi connectivity index (χ1n) is 21.0. The molecule has 2 aromatic heterocycles. The second-order valence-electron chi connectivity index (χ2n) is 16.9. The first kappa shape index (κ1) is 41.0. The number of hydrogen-bond acceptors (Lipinski definition) is 9. The summed E-state index contributed by atoms with van der Waals surface area (Å²) in [6.07, 6.45) is 3.84. The van der Waals surface area contributed by atoms with Crippen LogP contribution in [0.25, 0.3) is 16.5 Å². The lowest BCUT2D eigenvalue weighted by Crippen LogP contribution is -2.51. The minimum Gasteiger partial charge on any atom is -0.497 e. The van der Waals surface area contributed by atoms with Gasteiger partial charge in [0.05, 0.1) is 76.1 Å². The predicted molar refractivity (Wildman–Crippen MR) is 241 cm³/mol. The van der Waals surface area contributed by atoms with Crippen LogP contribution in [0.5, 0.6) is 11.5 Å². The van der Waals surface area contributed by atoms with E-state index in [4.69, 9.17) is 14.2 Å². The molecule has 1 amide bonds. The Morgan fingerprint density at radius 2 is 1.61 bits per heavy atom. The lowest BCUT2D eigenvalue weighted by molar-refractivity contribution is -0.146. The van der Waals surface area contributed by atoms with E-state index >= 15 is 4.79 Å². The number of rotatable bonds is 13. The third kappa shape index (κ3) is 6.99. The maximum atomic E-state index is 15.6. The van der Waals surface area contributed by atoms with Gasteiger partial charge >= 0.3 is 0 Å². The maximum absolute atomic E-state index is 15.6. The van der Waals surface area contributed by atoms with Gasteiger partial charge in [-0.2, -0.15) is 9.78 Å². The Bertz CT molecular complexity index is 2810. The average Bonchev–Trinajstić information content (AvgIpc) is 3.96. The highest BCUT2D eigenvalue weighted by atomic mass is 28.3. The van der Waals surface area contributed by atoms with Gasteiger partial charge in [0.25, 0.3) is 11.5 Å². The third-order valence-electron chi connectivity index (χ3n) is 13.2. The molecule has 5 aromatic carbocycles. The van der Waals surface area contributed by atoms with Crippen LogP contribution in [0, 0.1) is 5.92 Å². The summed E-state index contributed by atoms with van der Waals surface area (Å²) in [5.41, 5.74) is 3.10. The Labute approximate surface area is 361 Å². The highest BCUT2D eigenvalue weighted by molar-refractivity contribution is 6.91. The number of aliphatic hydroxyl groups is 1. The molecule has 316 valence electrons. The van der Waals surface area contributed by atoms with Crippen LogP contribution < -0.4 is 25.1 Å². The fourth-order valence-corrected chi connectivity index (χ4v) is 14.0. The molecule has 12 nitrogen and oxygen atoms in total. The fraction of sp³-hybridized carbons (Fsp3) is 0.286. The zero-order valence-corrected chi connectivity index (χ0v) is 36.5. The molecule has 1 fully saturated rings. The summed E-state index contributed by atoms with van der Waals surface area (Å²) in [5.74, 6) is 0.743. The van der Waals surface area contributed by atoms with Gasteiger partial charge in [0.1, 0.15) is 11.5 Å². The minimum atomic E-state index is -2.44. The van der Waals surface area contributed by atoms with Gasteiger partial charge in [-0.25, -0.2) is 0 Å². The van der Waals surface area contributed by atoms with Crippen LogP contribution in [-0.2, 0) is 28.2 Å². The largest absolute Gasteiger partial charge is 0.497 e. The summed E-state index contributed by atoms with van der Waals surface area (Å²) in [4.78, 5) is 31.0. The number of benzene rings is 5.